The maximum Gasteiger partial charge on any atom is 0.254 e. The summed E-state index contributed by atoms with van der Waals surface area (Å²) in [4.78, 5) is 39.4. The fourth-order valence-corrected chi connectivity index (χ4v) is 4.77. The Morgan fingerprint density at radius 1 is 0.932 bits per heavy atom. The first-order valence-electron chi connectivity index (χ1n) is 14.9. The SMILES string of the molecule is COc1cc(C(=O)N(C(C)C)C(C)C)ccc1OCCCCOc1ccc2c(NC(=O)C(NC(=O)CN)C(C)C)noc2c1. The van der Waals surface area contributed by atoms with E-state index in [1.54, 1.807) is 43.5 Å². The average molecular weight is 612 g/mol. The number of anilines is 1. The number of benzene rings is 2. The van der Waals surface area contributed by atoms with Gasteiger partial charge in [-0.15, -0.1) is 0 Å². The van der Waals surface area contributed by atoms with Gasteiger partial charge in [-0.2, -0.15) is 0 Å². The molecule has 1 atom stereocenters. The topological polar surface area (TPSA) is 158 Å². The molecule has 1 aromatic heterocycles. The van der Waals surface area contributed by atoms with E-state index in [2.05, 4.69) is 15.8 Å². The van der Waals surface area contributed by atoms with Crippen molar-refractivity contribution in [3.8, 4) is 17.2 Å². The van der Waals surface area contributed by atoms with Gasteiger partial charge in [-0.05, 0) is 76.8 Å². The van der Waals surface area contributed by atoms with Crippen molar-refractivity contribution >= 4 is 34.5 Å². The van der Waals surface area contributed by atoms with E-state index in [0.717, 1.165) is 12.8 Å². The lowest BCUT2D eigenvalue weighted by Crippen LogP contribution is -2.48. The summed E-state index contributed by atoms with van der Waals surface area (Å²) in [6, 6.07) is 9.88. The Morgan fingerprint density at radius 3 is 2.23 bits per heavy atom. The summed E-state index contributed by atoms with van der Waals surface area (Å²) in [6.07, 6.45) is 1.47. The number of amides is 3. The van der Waals surface area contributed by atoms with Crippen LogP contribution in [0.3, 0.4) is 0 Å². The van der Waals surface area contributed by atoms with Crippen LogP contribution in [0.2, 0.25) is 0 Å². The van der Waals surface area contributed by atoms with Gasteiger partial charge in [-0.25, -0.2) is 0 Å². The Kier molecular flexibility index (Phi) is 12.4. The van der Waals surface area contributed by atoms with Gasteiger partial charge in [-0.3, -0.25) is 14.4 Å². The first-order chi connectivity index (χ1) is 21.0. The summed E-state index contributed by atoms with van der Waals surface area (Å²) < 4.78 is 22.7. The molecule has 3 rings (SSSR count). The number of hydrogen-bond acceptors (Lipinski definition) is 9. The minimum atomic E-state index is -0.764. The summed E-state index contributed by atoms with van der Waals surface area (Å²) in [5.41, 5.74) is 6.37. The molecule has 0 fully saturated rings. The number of nitrogens with two attached hydrogens (primary N) is 1. The Labute approximate surface area is 258 Å². The van der Waals surface area contributed by atoms with Gasteiger partial charge in [0.2, 0.25) is 11.8 Å². The number of nitrogens with zero attached hydrogens (tertiary/aromatic N) is 2. The molecule has 0 aliphatic carbocycles. The van der Waals surface area contributed by atoms with Gasteiger partial charge in [0.25, 0.3) is 5.91 Å². The van der Waals surface area contributed by atoms with Gasteiger partial charge in [0.15, 0.2) is 22.9 Å². The van der Waals surface area contributed by atoms with Crippen LogP contribution in [0.25, 0.3) is 11.0 Å². The largest absolute Gasteiger partial charge is 0.493 e. The van der Waals surface area contributed by atoms with Crippen molar-refractivity contribution in [2.45, 2.75) is 72.5 Å². The molecule has 1 unspecified atom stereocenters. The lowest BCUT2D eigenvalue weighted by atomic mass is 10.0. The van der Waals surface area contributed by atoms with E-state index < -0.39 is 17.9 Å². The zero-order valence-electron chi connectivity index (χ0n) is 26.6. The molecule has 3 amide bonds. The molecule has 0 spiro atoms. The molecule has 44 heavy (non-hydrogen) atoms. The standard InChI is InChI=1S/C32H45N5O7/c1-19(2)29(34-28(38)18-33)31(39)35-30-24-12-11-23(17-26(24)44-36-30)42-14-8-9-15-43-25-13-10-22(16-27(25)41-7)32(40)37(20(3)4)21(5)6/h10-13,16-17,19-21,29H,8-9,14-15,18,33H2,1-7H3,(H,34,38)(H,35,36,39). The average Bonchev–Trinajstić information content (AvgIpc) is 3.38. The third kappa shape index (κ3) is 8.85. The van der Waals surface area contributed by atoms with E-state index in [0.29, 0.717) is 47.0 Å². The van der Waals surface area contributed by atoms with Crippen LogP contribution in [0.1, 0.15) is 64.7 Å². The molecule has 3 aromatic rings. The number of nitrogens with one attached hydrogen (secondary N) is 2. The van der Waals surface area contributed by atoms with E-state index in [9.17, 15) is 14.4 Å². The minimum absolute atomic E-state index is 0.0467. The molecule has 4 N–H and O–H groups in total. The van der Waals surface area contributed by atoms with E-state index in [1.807, 2.05) is 46.4 Å². The molecule has 240 valence electrons. The number of hydrogen-bond donors (Lipinski definition) is 3. The van der Waals surface area contributed by atoms with Crippen molar-refractivity contribution in [1.29, 1.82) is 0 Å². The molecular formula is C32H45N5O7. The van der Waals surface area contributed by atoms with Crippen LogP contribution < -0.4 is 30.6 Å². The molecule has 0 saturated carbocycles. The molecule has 12 nitrogen and oxygen atoms in total. The highest BCUT2D eigenvalue weighted by Crippen LogP contribution is 2.30. The second-order valence-electron chi connectivity index (χ2n) is 11.3. The number of carbonyl (C=O) groups excluding carboxylic acids is 3. The number of rotatable bonds is 16. The first-order valence-corrected chi connectivity index (χ1v) is 14.9. The quantitative estimate of drug-likeness (QED) is 0.200. The van der Waals surface area contributed by atoms with Gasteiger partial charge in [0, 0.05) is 23.7 Å². The molecule has 0 saturated heterocycles. The van der Waals surface area contributed by atoms with Crippen LogP contribution in [0.4, 0.5) is 5.82 Å². The number of aromatic nitrogens is 1. The molecule has 0 aliphatic rings. The third-order valence-electron chi connectivity index (χ3n) is 6.96. The lowest BCUT2D eigenvalue weighted by Gasteiger charge is -2.31. The third-order valence-corrected chi connectivity index (χ3v) is 6.96. The lowest BCUT2D eigenvalue weighted by molar-refractivity contribution is -0.126. The zero-order chi connectivity index (χ0) is 32.4. The smallest absolute Gasteiger partial charge is 0.254 e. The van der Waals surface area contributed by atoms with Crippen LogP contribution in [0, 0.1) is 5.92 Å². The van der Waals surface area contributed by atoms with E-state index in [-0.39, 0.29) is 36.3 Å². The van der Waals surface area contributed by atoms with Gasteiger partial charge in [-0.1, -0.05) is 19.0 Å². The highest BCUT2D eigenvalue weighted by molar-refractivity contribution is 6.02. The van der Waals surface area contributed by atoms with Crippen LogP contribution in [-0.4, -0.2) is 72.8 Å². The van der Waals surface area contributed by atoms with Crippen LogP contribution >= 0.6 is 0 Å². The van der Waals surface area contributed by atoms with Crippen molar-refractivity contribution in [2.24, 2.45) is 11.7 Å². The highest BCUT2D eigenvalue weighted by Gasteiger charge is 2.26. The number of ether oxygens (including phenoxy) is 3. The molecular weight excluding hydrogens is 566 g/mol. The summed E-state index contributed by atoms with van der Waals surface area (Å²) in [6.45, 7) is 12.3. The second-order valence-corrected chi connectivity index (χ2v) is 11.3. The maximum absolute atomic E-state index is 13.0. The molecule has 1 heterocycles. The maximum atomic E-state index is 13.0. The highest BCUT2D eigenvalue weighted by atomic mass is 16.5. The summed E-state index contributed by atoms with van der Waals surface area (Å²) >= 11 is 0. The van der Waals surface area contributed by atoms with Crippen molar-refractivity contribution in [3.63, 3.8) is 0 Å². The van der Waals surface area contributed by atoms with Crippen molar-refractivity contribution in [2.75, 3.05) is 32.2 Å². The van der Waals surface area contributed by atoms with Crippen molar-refractivity contribution < 1.29 is 33.1 Å². The fourth-order valence-electron chi connectivity index (χ4n) is 4.77. The molecule has 0 bridgehead atoms. The first kappa shape index (κ1) is 34.2. The number of fused-ring (bicyclic) bond motifs is 1. The van der Waals surface area contributed by atoms with Crippen LogP contribution in [-0.2, 0) is 9.59 Å². The molecule has 2 aromatic carbocycles. The monoisotopic (exact) mass is 611 g/mol. The van der Waals surface area contributed by atoms with Gasteiger partial charge < -0.3 is 40.0 Å². The van der Waals surface area contributed by atoms with E-state index >= 15 is 0 Å². The van der Waals surface area contributed by atoms with Gasteiger partial charge in [0.1, 0.15) is 11.8 Å². The minimum Gasteiger partial charge on any atom is -0.493 e. The predicted molar refractivity (Wildman–Crippen MR) is 168 cm³/mol. The predicted octanol–water partition coefficient (Wildman–Crippen LogP) is 4.37. The van der Waals surface area contributed by atoms with Crippen LogP contribution in [0.5, 0.6) is 17.2 Å². The van der Waals surface area contributed by atoms with Gasteiger partial charge >= 0.3 is 0 Å². The molecule has 0 radical (unpaired) electrons. The summed E-state index contributed by atoms with van der Waals surface area (Å²) in [7, 11) is 1.56. The molecule has 0 aliphatic heterocycles. The Bertz CT molecular complexity index is 1410. The number of methoxy groups -OCH3 is 1. The Hall–Kier alpha value is -4.32. The van der Waals surface area contributed by atoms with Crippen molar-refractivity contribution in [3.05, 3.63) is 42.0 Å². The fraction of sp³-hybridized carbons (Fsp3) is 0.500. The Morgan fingerprint density at radius 2 is 1.61 bits per heavy atom. The van der Waals surface area contributed by atoms with E-state index in [1.165, 1.54) is 0 Å². The van der Waals surface area contributed by atoms with E-state index in [4.69, 9.17) is 24.5 Å². The number of unbranched alkanes of at least 4 members (excludes halogenated alkanes) is 1. The van der Waals surface area contributed by atoms with Gasteiger partial charge in [0.05, 0.1) is 32.3 Å². The summed E-state index contributed by atoms with van der Waals surface area (Å²) in [5.74, 6) is 0.909. The number of carbonyl (C=O) groups is 3. The second kappa shape index (κ2) is 15.9. The van der Waals surface area contributed by atoms with Crippen LogP contribution in [0.15, 0.2) is 40.9 Å². The zero-order valence-corrected chi connectivity index (χ0v) is 26.6. The normalized spacial score (nSPS) is 12.0. The Balaban J connectivity index is 1.49. The molecule has 12 heteroatoms. The van der Waals surface area contributed by atoms with Crippen molar-refractivity contribution in [1.82, 2.24) is 15.4 Å². The summed E-state index contributed by atoms with van der Waals surface area (Å²) in [5, 5.41) is 9.92.